The van der Waals surface area contributed by atoms with Gasteiger partial charge in [0.1, 0.15) is 0 Å². The van der Waals surface area contributed by atoms with E-state index in [1.807, 2.05) is 29.2 Å². The van der Waals surface area contributed by atoms with E-state index < -0.39 is 0 Å². The molecule has 0 saturated carbocycles. The van der Waals surface area contributed by atoms with Crippen molar-refractivity contribution in [3.05, 3.63) is 48.7 Å². The van der Waals surface area contributed by atoms with E-state index in [4.69, 9.17) is 9.51 Å². The third-order valence-corrected chi connectivity index (χ3v) is 6.40. The minimum Gasteiger partial charge on any atom is -0.343 e. The molecule has 1 amide bonds. The number of nitrogens with zero attached hydrogens (tertiary/aromatic N) is 6. The first-order valence-corrected chi connectivity index (χ1v) is 10.9. The Morgan fingerprint density at radius 1 is 1.03 bits per heavy atom. The predicted molar refractivity (Wildman–Crippen MR) is 115 cm³/mol. The van der Waals surface area contributed by atoms with E-state index in [1.165, 1.54) is 0 Å². The highest BCUT2D eigenvalue weighted by molar-refractivity contribution is 5.73. The van der Waals surface area contributed by atoms with Crippen molar-refractivity contribution in [3.63, 3.8) is 0 Å². The second-order valence-corrected chi connectivity index (χ2v) is 8.26. The second-order valence-electron chi connectivity index (χ2n) is 8.26. The quantitative estimate of drug-likeness (QED) is 0.642. The van der Waals surface area contributed by atoms with Crippen LogP contribution in [0.3, 0.4) is 0 Å². The Kier molecular flexibility index (Phi) is 5.46. The minimum absolute atomic E-state index is 0.152. The molecule has 0 aromatic carbocycles. The van der Waals surface area contributed by atoms with Crippen molar-refractivity contribution < 1.29 is 9.32 Å². The molecule has 2 aliphatic rings. The summed E-state index contributed by atoms with van der Waals surface area (Å²) in [6.45, 7) is 4.34. The lowest BCUT2D eigenvalue weighted by atomic mass is 10.0. The van der Waals surface area contributed by atoms with Gasteiger partial charge in [0.15, 0.2) is 0 Å². The molecule has 2 fully saturated rings. The standard InChI is InChI=1S/C23H26N6O2/c1-16(30)28-13-8-19(9-14-28)29-12-2-3-21(29)23-26-22(27-31-23)18-4-5-20(25-15-18)17-6-10-24-11-7-17/h4-7,10-11,15,19,21H,2-3,8-9,12-14H2,1H3. The number of pyridine rings is 2. The van der Waals surface area contributed by atoms with Crippen LogP contribution in [0, 0.1) is 0 Å². The van der Waals surface area contributed by atoms with Crippen molar-refractivity contribution in [2.45, 2.75) is 44.7 Å². The molecule has 3 aromatic heterocycles. The van der Waals surface area contributed by atoms with Crippen molar-refractivity contribution in [2.24, 2.45) is 0 Å². The van der Waals surface area contributed by atoms with Crippen molar-refractivity contribution >= 4 is 5.91 Å². The summed E-state index contributed by atoms with van der Waals surface area (Å²) >= 11 is 0. The van der Waals surface area contributed by atoms with Crippen molar-refractivity contribution in [1.29, 1.82) is 0 Å². The highest BCUT2D eigenvalue weighted by Crippen LogP contribution is 2.36. The summed E-state index contributed by atoms with van der Waals surface area (Å²) in [4.78, 5) is 29.4. The van der Waals surface area contributed by atoms with Crippen LogP contribution >= 0.6 is 0 Å². The molecule has 3 aromatic rings. The van der Waals surface area contributed by atoms with Gasteiger partial charge in [0.25, 0.3) is 0 Å². The van der Waals surface area contributed by atoms with Crippen molar-refractivity contribution in [2.75, 3.05) is 19.6 Å². The third kappa shape index (κ3) is 4.07. The van der Waals surface area contributed by atoms with Crippen molar-refractivity contribution in [1.82, 2.24) is 29.9 Å². The van der Waals surface area contributed by atoms with Gasteiger partial charge in [-0.1, -0.05) is 5.16 Å². The Balaban J connectivity index is 1.29. The maximum absolute atomic E-state index is 11.6. The number of likely N-dealkylation sites (tertiary alicyclic amines) is 2. The molecule has 0 bridgehead atoms. The number of hydrogen-bond acceptors (Lipinski definition) is 7. The Morgan fingerprint density at radius 2 is 1.84 bits per heavy atom. The van der Waals surface area contributed by atoms with Gasteiger partial charge in [-0.15, -0.1) is 0 Å². The van der Waals surface area contributed by atoms with Gasteiger partial charge in [-0.05, 0) is 56.5 Å². The Labute approximate surface area is 181 Å². The summed E-state index contributed by atoms with van der Waals surface area (Å²) < 4.78 is 5.69. The molecule has 5 rings (SSSR count). The maximum atomic E-state index is 11.6. The fourth-order valence-electron chi connectivity index (χ4n) is 4.71. The fourth-order valence-corrected chi connectivity index (χ4v) is 4.71. The zero-order chi connectivity index (χ0) is 21.2. The summed E-state index contributed by atoms with van der Waals surface area (Å²) in [5.41, 5.74) is 2.74. The molecule has 0 aliphatic carbocycles. The lowest BCUT2D eigenvalue weighted by Crippen LogP contribution is -2.46. The topological polar surface area (TPSA) is 88.3 Å². The molecule has 5 heterocycles. The summed E-state index contributed by atoms with van der Waals surface area (Å²) in [7, 11) is 0. The van der Waals surface area contributed by atoms with Crippen LogP contribution in [0.4, 0.5) is 0 Å². The predicted octanol–water partition coefficient (Wildman–Crippen LogP) is 3.34. The Bertz CT molecular complexity index is 1030. The molecular formula is C23H26N6O2. The van der Waals surface area contributed by atoms with Gasteiger partial charge in [-0.2, -0.15) is 4.98 Å². The molecule has 31 heavy (non-hydrogen) atoms. The fraction of sp³-hybridized carbons (Fsp3) is 0.435. The number of aromatic nitrogens is 4. The van der Waals surface area contributed by atoms with Gasteiger partial charge in [0.05, 0.1) is 11.7 Å². The van der Waals surface area contributed by atoms with Crippen LogP contribution in [-0.4, -0.2) is 61.5 Å². The average molecular weight is 419 g/mol. The SMILES string of the molecule is CC(=O)N1CCC(N2CCCC2c2nc(-c3ccc(-c4ccncc4)nc3)no2)CC1. The van der Waals surface area contributed by atoms with Crippen LogP contribution in [0.25, 0.3) is 22.6 Å². The van der Waals surface area contributed by atoms with Crippen LogP contribution in [0.1, 0.15) is 44.5 Å². The monoisotopic (exact) mass is 418 g/mol. The van der Waals surface area contributed by atoms with E-state index in [1.54, 1.807) is 25.5 Å². The van der Waals surface area contributed by atoms with E-state index in [9.17, 15) is 4.79 Å². The van der Waals surface area contributed by atoms with Crippen LogP contribution in [-0.2, 0) is 4.79 Å². The summed E-state index contributed by atoms with van der Waals surface area (Å²) in [5, 5.41) is 4.23. The number of rotatable bonds is 4. The molecule has 2 saturated heterocycles. The van der Waals surface area contributed by atoms with Crippen LogP contribution in [0.5, 0.6) is 0 Å². The lowest BCUT2D eigenvalue weighted by Gasteiger charge is -2.38. The van der Waals surface area contributed by atoms with Crippen LogP contribution < -0.4 is 0 Å². The second kappa shape index (κ2) is 8.55. The first-order chi connectivity index (χ1) is 15.2. The molecule has 1 atom stereocenters. The number of piperidine rings is 1. The number of carbonyl (C=O) groups excluding carboxylic acids is 1. The molecule has 160 valence electrons. The number of hydrogen-bond donors (Lipinski definition) is 0. The molecule has 0 spiro atoms. The molecule has 0 N–H and O–H groups in total. The number of carbonyl (C=O) groups is 1. The highest BCUT2D eigenvalue weighted by atomic mass is 16.5. The van der Waals surface area contributed by atoms with Gasteiger partial charge in [0, 0.05) is 55.8 Å². The highest BCUT2D eigenvalue weighted by Gasteiger charge is 2.37. The lowest BCUT2D eigenvalue weighted by molar-refractivity contribution is -0.130. The molecule has 2 aliphatic heterocycles. The van der Waals surface area contributed by atoms with Crippen molar-refractivity contribution in [3.8, 4) is 22.6 Å². The van der Waals surface area contributed by atoms with E-state index >= 15 is 0 Å². The zero-order valence-electron chi connectivity index (χ0n) is 17.6. The third-order valence-electron chi connectivity index (χ3n) is 6.40. The molecule has 1 unspecified atom stereocenters. The summed E-state index contributed by atoms with van der Waals surface area (Å²) in [5.74, 6) is 1.42. The normalized spacial score (nSPS) is 20.3. The van der Waals surface area contributed by atoms with Gasteiger partial charge in [-0.25, -0.2) is 0 Å². The minimum atomic E-state index is 0.152. The van der Waals surface area contributed by atoms with E-state index in [0.717, 1.165) is 62.1 Å². The van der Waals surface area contributed by atoms with E-state index in [-0.39, 0.29) is 11.9 Å². The van der Waals surface area contributed by atoms with E-state index in [2.05, 4.69) is 20.0 Å². The maximum Gasteiger partial charge on any atom is 0.244 e. The largest absolute Gasteiger partial charge is 0.343 e. The van der Waals surface area contributed by atoms with Gasteiger partial charge >= 0.3 is 0 Å². The molecule has 8 nitrogen and oxygen atoms in total. The first kappa shape index (κ1) is 19.8. The summed E-state index contributed by atoms with van der Waals surface area (Å²) in [6.07, 6.45) is 9.44. The van der Waals surface area contributed by atoms with Gasteiger partial charge in [0.2, 0.25) is 17.6 Å². The smallest absolute Gasteiger partial charge is 0.244 e. The molecule has 0 radical (unpaired) electrons. The van der Waals surface area contributed by atoms with Crippen LogP contribution in [0.15, 0.2) is 47.4 Å². The molecule has 8 heteroatoms. The average Bonchev–Trinajstić information content (AvgIpc) is 3.50. The summed E-state index contributed by atoms with van der Waals surface area (Å²) in [6, 6.07) is 8.42. The zero-order valence-corrected chi connectivity index (χ0v) is 17.6. The van der Waals surface area contributed by atoms with Gasteiger partial charge < -0.3 is 9.42 Å². The van der Waals surface area contributed by atoms with E-state index in [0.29, 0.717) is 17.8 Å². The Morgan fingerprint density at radius 3 is 2.55 bits per heavy atom. The molecular weight excluding hydrogens is 392 g/mol. The Hall–Kier alpha value is -3.13. The number of amides is 1. The van der Waals surface area contributed by atoms with Crippen LogP contribution in [0.2, 0.25) is 0 Å². The van der Waals surface area contributed by atoms with Gasteiger partial charge in [-0.3, -0.25) is 19.7 Å². The first-order valence-electron chi connectivity index (χ1n) is 10.9.